The van der Waals surface area contributed by atoms with Gasteiger partial charge < -0.3 is 20.1 Å². The fourth-order valence-corrected chi connectivity index (χ4v) is 1.93. The third kappa shape index (κ3) is 1.96. The number of H-pyrrole nitrogens is 1. The van der Waals surface area contributed by atoms with Crippen LogP contribution >= 0.6 is 0 Å². The van der Waals surface area contributed by atoms with Crippen LogP contribution in [0.15, 0.2) is 29.2 Å². The van der Waals surface area contributed by atoms with Crippen molar-refractivity contribution < 1.29 is 9.84 Å². The van der Waals surface area contributed by atoms with Gasteiger partial charge in [-0.2, -0.15) is 0 Å². The van der Waals surface area contributed by atoms with Crippen LogP contribution in [0.5, 0.6) is 0 Å². The average Bonchev–Trinajstić information content (AvgIpc) is 2.33. The van der Waals surface area contributed by atoms with Gasteiger partial charge in [0.25, 0.3) is 5.56 Å². The van der Waals surface area contributed by atoms with Crippen molar-refractivity contribution in [1.29, 1.82) is 0 Å². The first-order valence-corrected chi connectivity index (χ1v) is 5.68. The monoisotopic (exact) mass is 247 g/mol. The number of ether oxygens (including phenoxy) is 1. The molecule has 18 heavy (non-hydrogen) atoms. The van der Waals surface area contributed by atoms with Crippen molar-refractivity contribution in [1.82, 2.24) is 9.97 Å². The van der Waals surface area contributed by atoms with Crippen molar-refractivity contribution in [2.45, 2.75) is 5.60 Å². The molecule has 1 aliphatic heterocycles. The number of nitrogens with one attached hydrogen (secondary N) is 2. The lowest BCUT2D eigenvalue weighted by molar-refractivity contribution is -0.168. The summed E-state index contributed by atoms with van der Waals surface area (Å²) in [5, 5.41) is 13.8. The van der Waals surface area contributed by atoms with E-state index >= 15 is 0 Å². The minimum atomic E-state index is -0.836. The molecule has 6 heteroatoms. The molecule has 2 aromatic heterocycles. The lowest BCUT2D eigenvalue weighted by Crippen LogP contribution is -2.54. The van der Waals surface area contributed by atoms with E-state index in [-0.39, 0.29) is 5.56 Å². The first-order valence-electron chi connectivity index (χ1n) is 5.68. The quantitative estimate of drug-likeness (QED) is 0.716. The van der Waals surface area contributed by atoms with Crippen molar-refractivity contribution in [2.75, 3.05) is 25.1 Å². The minimum absolute atomic E-state index is 0.222. The second kappa shape index (κ2) is 4.08. The van der Waals surface area contributed by atoms with Crippen LogP contribution in [-0.4, -0.2) is 40.4 Å². The highest BCUT2D eigenvalue weighted by Crippen LogP contribution is 2.21. The van der Waals surface area contributed by atoms with Crippen molar-refractivity contribution in [3.8, 4) is 0 Å². The number of aromatic nitrogens is 2. The van der Waals surface area contributed by atoms with E-state index in [1.165, 1.54) is 6.07 Å². The SMILES string of the molecule is O=c1cc(NCC2(O)COC2)c2cccnc2[nH]1. The van der Waals surface area contributed by atoms with Gasteiger partial charge >= 0.3 is 0 Å². The molecule has 3 N–H and O–H groups in total. The largest absolute Gasteiger partial charge is 0.383 e. The Kier molecular flexibility index (Phi) is 2.53. The standard InChI is InChI=1S/C12H13N3O3/c16-10-4-9(14-5-12(17)6-18-7-12)8-2-1-3-13-11(8)15-10/h1-4,17H,5-7H2,(H2,13,14,15,16). The number of hydrogen-bond acceptors (Lipinski definition) is 5. The molecule has 3 rings (SSSR count). The van der Waals surface area contributed by atoms with Crippen molar-refractivity contribution in [3.05, 3.63) is 34.7 Å². The first kappa shape index (κ1) is 11.2. The number of hydrogen-bond donors (Lipinski definition) is 3. The first-order chi connectivity index (χ1) is 8.66. The number of rotatable bonds is 3. The van der Waals surface area contributed by atoms with Gasteiger partial charge in [-0.05, 0) is 12.1 Å². The summed E-state index contributed by atoms with van der Waals surface area (Å²) in [4.78, 5) is 18.2. The smallest absolute Gasteiger partial charge is 0.251 e. The highest BCUT2D eigenvalue weighted by molar-refractivity contribution is 5.88. The third-order valence-electron chi connectivity index (χ3n) is 2.96. The van der Waals surface area contributed by atoms with Gasteiger partial charge in [0.1, 0.15) is 11.2 Å². The second-order valence-electron chi connectivity index (χ2n) is 4.52. The van der Waals surface area contributed by atoms with Gasteiger partial charge in [-0.1, -0.05) is 0 Å². The molecule has 2 aromatic rings. The van der Waals surface area contributed by atoms with Crippen molar-refractivity contribution in [2.24, 2.45) is 0 Å². The van der Waals surface area contributed by atoms with E-state index in [9.17, 15) is 9.90 Å². The lowest BCUT2D eigenvalue weighted by Gasteiger charge is -2.36. The fourth-order valence-electron chi connectivity index (χ4n) is 1.93. The molecule has 0 aromatic carbocycles. The third-order valence-corrected chi connectivity index (χ3v) is 2.96. The van der Waals surface area contributed by atoms with E-state index in [2.05, 4.69) is 15.3 Å². The zero-order valence-electron chi connectivity index (χ0n) is 9.64. The predicted octanol–water partition coefficient (Wildman–Crippen LogP) is 0.0963. The Labute approximate surface area is 103 Å². The van der Waals surface area contributed by atoms with Gasteiger partial charge in [0.2, 0.25) is 0 Å². The van der Waals surface area contributed by atoms with Gasteiger partial charge in [0.15, 0.2) is 0 Å². The molecule has 0 unspecified atom stereocenters. The molecule has 1 aliphatic rings. The molecule has 0 aliphatic carbocycles. The Morgan fingerprint density at radius 1 is 1.56 bits per heavy atom. The topological polar surface area (TPSA) is 87.2 Å². The molecule has 0 spiro atoms. The molecular formula is C12H13N3O3. The van der Waals surface area contributed by atoms with E-state index in [0.717, 1.165) is 5.39 Å². The predicted molar refractivity (Wildman–Crippen MR) is 66.6 cm³/mol. The van der Waals surface area contributed by atoms with E-state index < -0.39 is 5.60 Å². The molecular weight excluding hydrogens is 234 g/mol. The Hall–Kier alpha value is -1.92. The molecule has 0 radical (unpaired) electrons. The number of aromatic amines is 1. The number of anilines is 1. The molecule has 6 nitrogen and oxygen atoms in total. The molecule has 94 valence electrons. The number of pyridine rings is 2. The summed E-state index contributed by atoms with van der Waals surface area (Å²) in [5.41, 5.74) is 0.143. The zero-order chi connectivity index (χ0) is 12.6. The summed E-state index contributed by atoms with van der Waals surface area (Å²) in [7, 11) is 0. The normalized spacial score (nSPS) is 17.4. The van der Waals surface area contributed by atoms with Gasteiger partial charge in [-0.25, -0.2) is 4.98 Å². The highest BCUT2D eigenvalue weighted by atomic mass is 16.5. The summed E-state index contributed by atoms with van der Waals surface area (Å²) in [6, 6.07) is 5.13. The minimum Gasteiger partial charge on any atom is -0.383 e. The van der Waals surface area contributed by atoms with Crippen LogP contribution in [0.1, 0.15) is 0 Å². The number of aliphatic hydroxyl groups is 1. The summed E-state index contributed by atoms with van der Waals surface area (Å²) in [6.07, 6.45) is 1.62. The fraction of sp³-hybridized carbons (Fsp3) is 0.333. The van der Waals surface area contributed by atoms with Crippen LogP contribution in [0.25, 0.3) is 11.0 Å². The Balaban J connectivity index is 1.93. The molecule has 0 amide bonds. The Morgan fingerprint density at radius 3 is 3.11 bits per heavy atom. The van der Waals surface area contributed by atoms with Crippen LogP contribution in [-0.2, 0) is 4.74 Å². The molecule has 0 atom stereocenters. The Morgan fingerprint density at radius 2 is 2.39 bits per heavy atom. The number of fused-ring (bicyclic) bond motifs is 1. The second-order valence-corrected chi connectivity index (χ2v) is 4.52. The number of nitrogens with zero attached hydrogens (tertiary/aromatic N) is 1. The maximum Gasteiger partial charge on any atom is 0.251 e. The van der Waals surface area contributed by atoms with Gasteiger partial charge in [0, 0.05) is 24.2 Å². The highest BCUT2D eigenvalue weighted by Gasteiger charge is 2.35. The van der Waals surface area contributed by atoms with Crippen LogP contribution in [0.4, 0.5) is 5.69 Å². The van der Waals surface area contributed by atoms with Crippen LogP contribution < -0.4 is 10.9 Å². The summed E-state index contributed by atoms with van der Waals surface area (Å²) < 4.78 is 4.97. The van der Waals surface area contributed by atoms with Crippen molar-refractivity contribution in [3.63, 3.8) is 0 Å². The van der Waals surface area contributed by atoms with Crippen LogP contribution in [0.3, 0.4) is 0 Å². The van der Waals surface area contributed by atoms with E-state index in [1.807, 2.05) is 6.07 Å². The summed E-state index contributed by atoms with van der Waals surface area (Å²) in [6.45, 7) is 0.985. The van der Waals surface area contributed by atoms with Crippen LogP contribution in [0, 0.1) is 0 Å². The van der Waals surface area contributed by atoms with Gasteiger partial charge in [-0.15, -0.1) is 0 Å². The van der Waals surface area contributed by atoms with E-state index in [0.29, 0.717) is 31.1 Å². The molecule has 3 heterocycles. The maximum absolute atomic E-state index is 11.5. The molecule has 1 fully saturated rings. The lowest BCUT2D eigenvalue weighted by atomic mass is 10.0. The van der Waals surface area contributed by atoms with Crippen molar-refractivity contribution >= 4 is 16.7 Å². The molecule has 0 bridgehead atoms. The molecule has 1 saturated heterocycles. The van der Waals surface area contributed by atoms with E-state index in [1.54, 1.807) is 12.3 Å². The van der Waals surface area contributed by atoms with Crippen LogP contribution in [0.2, 0.25) is 0 Å². The van der Waals surface area contributed by atoms with E-state index in [4.69, 9.17) is 4.74 Å². The average molecular weight is 247 g/mol. The van der Waals surface area contributed by atoms with Gasteiger partial charge in [0.05, 0.1) is 18.9 Å². The summed E-state index contributed by atoms with van der Waals surface area (Å²) >= 11 is 0. The molecule has 0 saturated carbocycles. The Bertz CT molecular complexity index is 634. The maximum atomic E-state index is 11.5. The van der Waals surface area contributed by atoms with Gasteiger partial charge in [-0.3, -0.25) is 4.79 Å². The summed E-state index contributed by atoms with van der Waals surface area (Å²) in [5.74, 6) is 0. The zero-order valence-corrected chi connectivity index (χ0v) is 9.64.